The number of carboxylic acid groups (broad SMARTS) is 1. The van der Waals surface area contributed by atoms with Crippen LogP contribution in [0.4, 0.5) is 4.79 Å². The lowest BCUT2D eigenvalue weighted by molar-refractivity contribution is -0.137. The normalized spacial score (nSPS) is 30.1. The van der Waals surface area contributed by atoms with Crippen LogP contribution in [0.2, 0.25) is 0 Å². The first-order valence-electron chi connectivity index (χ1n) is 7.28. The average Bonchev–Trinajstić information content (AvgIpc) is 2.95. The van der Waals surface area contributed by atoms with Gasteiger partial charge in [-0.1, -0.05) is 13.3 Å². The molecule has 19 heavy (non-hydrogen) atoms. The van der Waals surface area contributed by atoms with Gasteiger partial charge < -0.3 is 15.7 Å². The minimum absolute atomic E-state index is 0.0363. The van der Waals surface area contributed by atoms with Crippen LogP contribution in [0.5, 0.6) is 0 Å². The molecule has 0 heterocycles. The maximum atomic E-state index is 11.6. The second kappa shape index (κ2) is 6.26. The predicted molar refractivity (Wildman–Crippen MR) is 71.8 cm³/mol. The molecule has 2 amide bonds. The topological polar surface area (TPSA) is 78.4 Å². The van der Waals surface area contributed by atoms with Crippen molar-refractivity contribution < 1.29 is 14.7 Å². The van der Waals surface area contributed by atoms with Gasteiger partial charge in [-0.3, -0.25) is 4.79 Å². The van der Waals surface area contributed by atoms with E-state index in [2.05, 4.69) is 10.6 Å². The summed E-state index contributed by atoms with van der Waals surface area (Å²) in [6, 6.07) is -0.167. The Morgan fingerprint density at radius 3 is 2.63 bits per heavy atom. The van der Waals surface area contributed by atoms with E-state index >= 15 is 0 Å². The molecule has 2 aliphatic rings. The average molecular weight is 268 g/mol. The minimum Gasteiger partial charge on any atom is -0.481 e. The quantitative estimate of drug-likeness (QED) is 0.687. The van der Waals surface area contributed by atoms with E-state index in [9.17, 15) is 9.59 Å². The first-order chi connectivity index (χ1) is 9.04. The van der Waals surface area contributed by atoms with Crippen LogP contribution >= 0.6 is 0 Å². The van der Waals surface area contributed by atoms with Crippen LogP contribution in [0.25, 0.3) is 0 Å². The van der Waals surface area contributed by atoms with Crippen LogP contribution < -0.4 is 10.6 Å². The van der Waals surface area contributed by atoms with Crippen LogP contribution in [0, 0.1) is 23.7 Å². The van der Waals surface area contributed by atoms with Crippen LogP contribution in [-0.4, -0.2) is 30.2 Å². The van der Waals surface area contributed by atoms with Crippen LogP contribution in [0.15, 0.2) is 0 Å². The summed E-state index contributed by atoms with van der Waals surface area (Å²) in [6.45, 7) is 3.00. The molecule has 0 aliphatic heterocycles. The van der Waals surface area contributed by atoms with Crippen molar-refractivity contribution in [1.82, 2.24) is 10.6 Å². The van der Waals surface area contributed by atoms with Gasteiger partial charge >= 0.3 is 12.0 Å². The van der Waals surface area contributed by atoms with Crippen molar-refractivity contribution in [2.45, 2.75) is 39.0 Å². The fourth-order valence-electron chi connectivity index (χ4n) is 3.55. The largest absolute Gasteiger partial charge is 0.481 e. The molecule has 5 nitrogen and oxygen atoms in total. The Kier molecular flexibility index (Phi) is 4.66. The molecule has 108 valence electrons. The molecule has 0 saturated heterocycles. The summed E-state index contributed by atoms with van der Waals surface area (Å²) in [5.74, 6) is 1.51. The number of rotatable bonds is 6. The lowest BCUT2D eigenvalue weighted by Gasteiger charge is -2.22. The predicted octanol–water partition coefficient (Wildman–Crippen LogP) is 1.83. The van der Waals surface area contributed by atoms with E-state index in [0.717, 1.165) is 18.4 Å². The summed E-state index contributed by atoms with van der Waals surface area (Å²) >= 11 is 0. The number of fused-ring (bicyclic) bond motifs is 2. The Labute approximate surface area is 114 Å². The summed E-state index contributed by atoms with van der Waals surface area (Å²) in [7, 11) is 0. The standard InChI is InChI=1S/C14H24N2O3/c1-9(4-13(17)18)7-15-14(19)16-8-12-6-10-2-3-11(12)5-10/h9-12H,2-8H2,1H3,(H,17,18)(H2,15,16,19). The number of hydrogen-bond donors (Lipinski definition) is 3. The molecule has 2 saturated carbocycles. The molecule has 4 unspecified atom stereocenters. The highest BCUT2D eigenvalue weighted by Gasteiger charge is 2.39. The number of hydrogen-bond acceptors (Lipinski definition) is 2. The van der Waals surface area contributed by atoms with Gasteiger partial charge in [-0.25, -0.2) is 4.79 Å². The van der Waals surface area contributed by atoms with Crippen molar-refractivity contribution in [2.75, 3.05) is 13.1 Å². The van der Waals surface area contributed by atoms with Gasteiger partial charge in [0.2, 0.25) is 0 Å². The summed E-state index contributed by atoms with van der Waals surface area (Å²) in [6.07, 6.45) is 5.41. The number of carboxylic acids is 1. The third-order valence-electron chi connectivity index (χ3n) is 4.54. The second-order valence-electron chi connectivity index (χ2n) is 6.23. The first kappa shape index (κ1) is 14.2. The smallest absolute Gasteiger partial charge is 0.314 e. The Morgan fingerprint density at radius 1 is 1.26 bits per heavy atom. The van der Waals surface area contributed by atoms with Gasteiger partial charge in [-0.15, -0.1) is 0 Å². The van der Waals surface area contributed by atoms with E-state index < -0.39 is 5.97 Å². The van der Waals surface area contributed by atoms with E-state index in [1.807, 2.05) is 6.92 Å². The van der Waals surface area contributed by atoms with Gasteiger partial charge in [0.05, 0.1) is 0 Å². The Balaban J connectivity index is 1.58. The summed E-state index contributed by atoms with van der Waals surface area (Å²) in [5, 5.41) is 14.3. The molecule has 0 aromatic rings. The number of urea groups is 1. The zero-order chi connectivity index (χ0) is 13.8. The molecule has 2 bridgehead atoms. The van der Waals surface area contributed by atoms with Crippen molar-refractivity contribution in [3.8, 4) is 0 Å². The lowest BCUT2D eigenvalue weighted by atomic mass is 9.89. The van der Waals surface area contributed by atoms with E-state index in [1.54, 1.807) is 0 Å². The van der Waals surface area contributed by atoms with Crippen LogP contribution in [0.1, 0.15) is 39.0 Å². The molecule has 3 N–H and O–H groups in total. The SMILES string of the molecule is CC(CNC(=O)NCC1CC2CCC1C2)CC(=O)O. The summed E-state index contributed by atoms with van der Waals surface area (Å²) in [4.78, 5) is 22.1. The van der Waals surface area contributed by atoms with Crippen LogP contribution in [0.3, 0.4) is 0 Å². The summed E-state index contributed by atoms with van der Waals surface area (Å²) in [5.41, 5.74) is 0. The van der Waals surface area contributed by atoms with Gasteiger partial charge in [-0.05, 0) is 42.9 Å². The number of carbonyl (C=O) groups is 2. The van der Waals surface area contributed by atoms with Gasteiger partial charge in [-0.2, -0.15) is 0 Å². The highest BCUT2D eigenvalue weighted by molar-refractivity contribution is 5.74. The Morgan fingerprint density at radius 2 is 2.05 bits per heavy atom. The first-order valence-corrected chi connectivity index (χ1v) is 7.28. The molecular formula is C14H24N2O3. The molecule has 0 radical (unpaired) electrons. The molecule has 0 aromatic heterocycles. The molecule has 0 spiro atoms. The number of amides is 2. The monoisotopic (exact) mass is 268 g/mol. The minimum atomic E-state index is -0.823. The summed E-state index contributed by atoms with van der Waals surface area (Å²) < 4.78 is 0. The number of carbonyl (C=O) groups excluding carboxylic acids is 1. The fraction of sp³-hybridized carbons (Fsp3) is 0.857. The molecule has 4 atom stereocenters. The molecule has 2 fully saturated rings. The Bertz CT molecular complexity index is 346. The lowest BCUT2D eigenvalue weighted by Crippen LogP contribution is -2.41. The Hall–Kier alpha value is -1.26. The molecule has 2 rings (SSSR count). The third-order valence-corrected chi connectivity index (χ3v) is 4.54. The molecular weight excluding hydrogens is 244 g/mol. The highest BCUT2D eigenvalue weighted by atomic mass is 16.4. The zero-order valence-electron chi connectivity index (χ0n) is 11.5. The van der Waals surface area contributed by atoms with Crippen molar-refractivity contribution in [3.05, 3.63) is 0 Å². The zero-order valence-corrected chi connectivity index (χ0v) is 11.5. The molecule has 0 aromatic carbocycles. The van der Waals surface area contributed by atoms with E-state index in [4.69, 9.17) is 5.11 Å². The van der Waals surface area contributed by atoms with E-state index in [0.29, 0.717) is 12.5 Å². The van der Waals surface area contributed by atoms with Gasteiger partial charge in [0.15, 0.2) is 0 Å². The van der Waals surface area contributed by atoms with Crippen molar-refractivity contribution >= 4 is 12.0 Å². The maximum Gasteiger partial charge on any atom is 0.314 e. The third kappa shape index (κ3) is 4.11. The van der Waals surface area contributed by atoms with Gasteiger partial charge in [0.1, 0.15) is 0 Å². The van der Waals surface area contributed by atoms with E-state index in [1.165, 1.54) is 25.7 Å². The van der Waals surface area contributed by atoms with Crippen LogP contribution in [-0.2, 0) is 4.79 Å². The van der Waals surface area contributed by atoms with Crippen molar-refractivity contribution in [3.63, 3.8) is 0 Å². The molecule has 5 heteroatoms. The van der Waals surface area contributed by atoms with E-state index in [-0.39, 0.29) is 18.4 Å². The fourth-order valence-corrected chi connectivity index (χ4v) is 3.55. The number of aliphatic carboxylic acids is 1. The van der Waals surface area contributed by atoms with Crippen molar-refractivity contribution in [2.24, 2.45) is 23.7 Å². The van der Waals surface area contributed by atoms with Gasteiger partial charge in [0, 0.05) is 19.5 Å². The number of nitrogens with one attached hydrogen (secondary N) is 2. The molecule has 2 aliphatic carbocycles. The second-order valence-corrected chi connectivity index (χ2v) is 6.23. The van der Waals surface area contributed by atoms with Gasteiger partial charge in [0.25, 0.3) is 0 Å². The maximum absolute atomic E-state index is 11.6. The van der Waals surface area contributed by atoms with Crippen molar-refractivity contribution in [1.29, 1.82) is 0 Å². The highest BCUT2D eigenvalue weighted by Crippen LogP contribution is 2.47.